The summed E-state index contributed by atoms with van der Waals surface area (Å²) in [5.74, 6) is 1.91. The molecule has 2 aromatic rings. The topological polar surface area (TPSA) is 90.2 Å². The molecule has 0 atom stereocenters. The SMILES string of the molecule is COc1ccc(-c2nnc(CN(C)C(=O)N3CCOCC3)o2)cc1OC. The van der Waals surface area contributed by atoms with E-state index in [1.54, 1.807) is 49.3 Å². The maximum atomic E-state index is 12.4. The van der Waals surface area contributed by atoms with Crippen LogP contribution in [-0.2, 0) is 11.3 Å². The van der Waals surface area contributed by atoms with Crippen LogP contribution in [0.5, 0.6) is 11.5 Å². The lowest BCUT2D eigenvalue weighted by atomic mass is 10.2. The highest BCUT2D eigenvalue weighted by molar-refractivity contribution is 5.74. The standard InChI is InChI=1S/C17H22N4O5/c1-20(17(22)21-6-8-25-9-7-21)11-15-18-19-16(26-15)12-4-5-13(23-2)14(10-12)24-3/h4-5,10H,6-9,11H2,1-3H3. The van der Waals surface area contributed by atoms with Gasteiger partial charge in [-0.05, 0) is 18.2 Å². The summed E-state index contributed by atoms with van der Waals surface area (Å²) in [5, 5.41) is 8.09. The fourth-order valence-corrected chi connectivity index (χ4v) is 2.67. The summed E-state index contributed by atoms with van der Waals surface area (Å²) in [6.45, 7) is 2.53. The van der Waals surface area contributed by atoms with Gasteiger partial charge in [0.25, 0.3) is 0 Å². The summed E-state index contributed by atoms with van der Waals surface area (Å²) in [6.07, 6.45) is 0. The molecule has 0 N–H and O–H groups in total. The number of methoxy groups -OCH3 is 2. The summed E-state index contributed by atoms with van der Waals surface area (Å²) in [4.78, 5) is 15.7. The van der Waals surface area contributed by atoms with Crippen molar-refractivity contribution in [2.24, 2.45) is 0 Å². The van der Waals surface area contributed by atoms with Gasteiger partial charge < -0.3 is 28.4 Å². The van der Waals surface area contributed by atoms with Crippen molar-refractivity contribution in [3.05, 3.63) is 24.1 Å². The Hall–Kier alpha value is -2.81. The number of aromatic nitrogens is 2. The van der Waals surface area contributed by atoms with Gasteiger partial charge in [0.1, 0.15) is 6.54 Å². The first-order valence-electron chi connectivity index (χ1n) is 8.25. The van der Waals surface area contributed by atoms with E-state index in [0.717, 1.165) is 0 Å². The van der Waals surface area contributed by atoms with Crippen LogP contribution in [0.1, 0.15) is 5.89 Å². The van der Waals surface area contributed by atoms with Crippen LogP contribution >= 0.6 is 0 Å². The molecule has 0 bridgehead atoms. The Morgan fingerprint density at radius 1 is 1.19 bits per heavy atom. The molecule has 0 spiro atoms. The van der Waals surface area contributed by atoms with E-state index >= 15 is 0 Å². The van der Waals surface area contributed by atoms with E-state index in [9.17, 15) is 4.79 Å². The van der Waals surface area contributed by atoms with Crippen molar-refractivity contribution in [1.29, 1.82) is 0 Å². The zero-order chi connectivity index (χ0) is 18.5. The van der Waals surface area contributed by atoms with Gasteiger partial charge in [0.2, 0.25) is 11.8 Å². The first kappa shape index (κ1) is 18.0. The molecule has 9 heteroatoms. The number of benzene rings is 1. The Balaban J connectivity index is 1.68. The third-order valence-electron chi connectivity index (χ3n) is 4.08. The lowest BCUT2D eigenvalue weighted by Crippen LogP contribution is -2.46. The van der Waals surface area contributed by atoms with Crippen LogP contribution in [0.3, 0.4) is 0 Å². The van der Waals surface area contributed by atoms with Crippen molar-refractivity contribution in [2.45, 2.75) is 6.54 Å². The van der Waals surface area contributed by atoms with E-state index in [1.807, 2.05) is 0 Å². The molecule has 0 aliphatic carbocycles. The van der Waals surface area contributed by atoms with E-state index in [-0.39, 0.29) is 12.6 Å². The largest absolute Gasteiger partial charge is 0.493 e. The molecule has 1 aromatic carbocycles. The van der Waals surface area contributed by atoms with Crippen molar-refractivity contribution >= 4 is 6.03 Å². The van der Waals surface area contributed by atoms with E-state index < -0.39 is 0 Å². The predicted octanol–water partition coefficient (Wildman–Crippen LogP) is 1.64. The molecular weight excluding hydrogens is 340 g/mol. The Labute approximate surface area is 151 Å². The van der Waals surface area contributed by atoms with Gasteiger partial charge in [0.15, 0.2) is 11.5 Å². The molecule has 0 unspecified atom stereocenters. The predicted molar refractivity (Wildman–Crippen MR) is 92.1 cm³/mol. The lowest BCUT2D eigenvalue weighted by Gasteiger charge is -2.30. The number of hydrogen-bond acceptors (Lipinski definition) is 7. The van der Waals surface area contributed by atoms with Gasteiger partial charge in [-0.15, -0.1) is 10.2 Å². The minimum Gasteiger partial charge on any atom is -0.493 e. The summed E-state index contributed by atoms with van der Waals surface area (Å²) in [7, 11) is 4.84. The molecule has 26 heavy (non-hydrogen) atoms. The Morgan fingerprint density at radius 2 is 1.92 bits per heavy atom. The average molecular weight is 362 g/mol. The van der Waals surface area contributed by atoms with Crippen LogP contribution in [0.15, 0.2) is 22.6 Å². The van der Waals surface area contributed by atoms with Crippen LogP contribution in [0.4, 0.5) is 4.79 Å². The van der Waals surface area contributed by atoms with Crippen molar-refractivity contribution in [3.8, 4) is 23.0 Å². The van der Waals surface area contributed by atoms with Crippen LogP contribution in [0.25, 0.3) is 11.5 Å². The normalized spacial score (nSPS) is 14.2. The van der Waals surface area contributed by atoms with Crippen molar-refractivity contribution in [2.75, 3.05) is 47.6 Å². The molecular formula is C17H22N4O5. The first-order valence-corrected chi connectivity index (χ1v) is 8.25. The lowest BCUT2D eigenvalue weighted by molar-refractivity contribution is 0.0442. The molecule has 0 saturated carbocycles. The molecule has 3 rings (SSSR count). The third-order valence-corrected chi connectivity index (χ3v) is 4.08. The zero-order valence-electron chi connectivity index (χ0n) is 15.1. The maximum Gasteiger partial charge on any atom is 0.320 e. The summed E-state index contributed by atoms with van der Waals surface area (Å²) in [6, 6.07) is 5.26. The highest BCUT2D eigenvalue weighted by Crippen LogP contribution is 2.31. The molecule has 1 aliphatic rings. The van der Waals surface area contributed by atoms with Gasteiger partial charge in [0, 0.05) is 25.7 Å². The van der Waals surface area contributed by atoms with Crippen LogP contribution in [0, 0.1) is 0 Å². The number of urea groups is 1. The van der Waals surface area contributed by atoms with Crippen LogP contribution in [0.2, 0.25) is 0 Å². The number of amides is 2. The van der Waals surface area contributed by atoms with Gasteiger partial charge in [-0.2, -0.15) is 0 Å². The monoisotopic (exact) mass is 362 g/mol. The fraction of sp³-hybridized carbons (Fsp3) is 0.471. The third kappa shape index (κ3) is 3.88. The molecule has 2 heterocycles. The first-order chi connectivity index (χ1) is 12.6. The molecule has 1 aliphatic heterocycles. The summed E-state index contributed by atoms with van der Waals surface area (Å²) >= 11 is 0. The van der Waals surface area contributed by atoms with Crippen molar-refractivity contribution in [3.63, 3.8) is 0 Å². The van der Waals surface area contributed by atoms with E-state index in [1.165, 1.54) is 0 Å². The van der Waals surface area contributed by atoms with Crippen molar-refractivity contribution < 1.29 is 23.4 Å². The molecule has 1 aromatic heterocycles. The smallest absolute Gasteiger partial charge is 0.320 e. The Morgan fingerprint density at radius 3 is 2.62 bits per heavy atom. The second-order valence-corrected chi connectivity index (χ2v) is 5.81. The average Bonchev–Trinajstić information content (AvgIpc) is 3.15. The summed E-state index contributed by atoms with van der Waals surface area (Å²) in [5.41, 5.74) is 0.712. The quantitative estimate of drug-likeness (QED) is 0.798. The second-order valence-electron chi connectivity index (χ2n) is 5.81. The van der Waals surface area contributed by atoms with Crippen molar-refractivity contribution in [1.82, 2.24) is 20.0 Å². The van der Waals surface area contributed by atoms with Crippen LogP contribution in [-0.4, -0.2) is 73.6 Å². The fourth-order valence-electron chi connectivity index (χ4n) is 2.67. The molecule has 9 nitrogen and oxygen atoms in total. The van der Waals surface area contributed by atoms with Gasteiger partial charge in [-0.3, -0.25) is 0 Å². The highest BCUT2D eigenvalue weighted by atomic mass is 16.5. The van der Waals surface area contributed by atoms with Gasteiger partial charge in [-0.25, -0.2) is 4.79 Å². The Kier molecular flexibility index (Phi) is 5.57. The number of ether oxygens (including phenoxy) is 3. The second kappa shape index (κ2) is 8.05. The highest BCUT2D eigenvalue weighted by Gasteiger charge is 2.22. The number of morpholine rings is 1. The molecule has 2 amide bonds. The molecule has 0 radical (unpaired) electrons. The number of hydrogen-bond donors (Lipinski definition) is 0. The number of nitrogens with zero attached hydrogens (tertiary/aromatic N) is 4. The maximum absolute atomic E-state index is 12.4. The van der Waals surface area contributed by atoms with E-state index in [0.29, 0.717) is 55.1 Å². The molecule has 1 fully saturated rings. The zero-order valence-corrected chi connectivity index (χ0v) is 15.1. The van der Waals surface area contributed by atoms with Gasteiger partial charge in [0.05, 0.1) is 27.4 Å². The number of carbonyl (C=O) groups is 1. The number of rotatable bonds is 5. The Bertz CT molecular complexity index is 757. The molecule has 1 saturated heterocycles. The minimum atomic E-state index is -0.0841. The summed E-state index contributed by atoms with van der Waals surface area (Å²) < 4.78 is 21.5. The van der Waals surface area contributed by atoms with Gasteiger partial charge >= 0.3 is 6.03 Å². The van der Waals surface area contributed by atoms with E-state index in [2.05, 4.69) is 10.2 Å². The van der Waals surface area contributed by atoms with E-state index in [4.69, 9.17) is 18.6 Å². The molecule has 140 valence electrons. The van der Waals surface area contributed by atoms with Gasteiger partial charge in [-0.1, -0.05) is 0 Å². The number of carbonyl (C=O) groups excluding carboxylic acids is 1. The van der Waals surface area contributed by atoms with Crippen LogP contribution < -0.4 is 9.47 Å². The minimum absolute atomic E-state index is 0.0841.